The Morgan fingerprint density at radius 2 is 1.69 bits per heavy atom. The summed E-state index contributed by atoms with van der Waals surface area (Å²) in [5, 5.41) is 5.52. The first-order chi connectivity index (χ1) is 15.4. The fourth-order valence-corrected chi connectivity index (χ4v) is 7.76. The minimum absolute atomic E-state index is 0.0642. The van der Waals surface area contributed by atoms with E-state index in [4.69, 9.17) is 4.74 Å². The van der Waals surface area contributed by atoms with E-state index in [-0.39, 0.29) is 11.4 Å². The van der Waals surface area contributed by atoms with E-state index in [9.17, 15) is 9.59 Å². The highest BCUT2D eigenvalue weighted by Gasteiger charge is 2.52. The number of likely N-dealkylation sites (N-methyl/N-ethyl adjacent to an activating group) is 1. The number of carbonyl (C=O) groups excluding carboxylic acids is 2. The molecule has 1 heterocycles. The molecule has 170 valence electrons. The number of benzene rings is 1. The van der Waals surface area contributed by atoms with Crippen LogP contribution in [0.5, 0.6) is 0 Å². The van der Waals surface area contributed by atoms with Gasteiger partial charge in [0.2, 0.25) is 5.91 Å². The molecule has 0 saturated heterocycles. The van der Waals surface area contributed by atoms with Crippen molar-refractivity contribution in [3.63, 3.8) is 0 Å². The second kappa shape index (κ2) is 8.31. The van der Waals surface area contributed by atoms with Gasteiger partial charge >= 0.3 is 5.97 Å². The molecule has 0 aliphatic heterocycles. The van der Waals surface area contributed by atoms with Crippen molar-refractivity contribution in [2.75, 3.05) is 26.0 Å². The van der Waals surface area contributed by atoms with Crippen molar-refractivity contribution >= 4 is 28.2 Å². The molecule has 32 heavy (non-hydrogen) atoms. The monoisotopic (exact) mass is 452 g/mol. The number of methoxy groups -OCH3 is 1. The molecule has 4 saturated carbocycles. The quantitative estimate of drug-likeness (QED) is 0.600. The third kappa shape index (κ3) is 3.88. The Labute approximate surface area is 194 Å². The molecule has 4 fully saturated rings. The van der Waals surface area contributed by atoms with Crippen molar-refractivity contribution in [2.24, 2.45) is 17.8 Å². The van der Waals surface area contributed by atoms with Crippen molar-refractivity contribution in [3.05, 3.63) is 40.8 Å². The van der Waals surface area contributed by atoms with Gasteiger partial charge in [-0.05, 0) is 75.8 Å². The van der Waals surface area contributed by atoms with Crippen LogP contribution in [0.1, 0.15) is 54.4 Å². The first-order valence-corrected chi connectivity index (χ1v) is 12.5. The Bertz CT molecular complexity index is 991. The van der Waals surface area contributed by atoms with Crippen molar-refractivity contribution < 1.29 is 14.3 Å². The molecule has 1 aromatic carbocycles. The Kier molecular flexibility index (Phi) is 5.62. The topological polar surface area (TPSA) is 58.6 Å². The smallest absolute Gasteiger partial charge is 0.341 e. The summed E-state index contributed by atoms with van der Waals surface area (Å²) in [7, 11) is 3.49. The number of aryl methyl sites for hydroxylation is 1. The Hall–Kier alpha value is -2.18. The lowest BCUT2D eigenvalue weighted by Gasteiger charge is -2.59. The molecule has 2 aromatic rings. The summed E-state index contributed by atoms with van der Waals surface area (Å²) < 4.78 is 5.05. The van der Waals surface area contributed by atoms with Gasteiger partial charge in [0, 0.05) is 16.5 Å². The number of hydrogen-bond donors (Lipinski definition) is 1. The first-order valence-electron chi connectivity index (χ1n) is 11.6. The maximum atomic E-state index is 13.1. The fourth-order valence-electron chi connectivity index (χ4n) is 6.78. The highest BCUT2D eigenvalue weighted by Crippen LogP contribution is 2.57. The largest absolute Gasteiger partial charge is 0.465 e. The molecule has 6 rings (SSSR count). The van der Waals surface area contributed by atoms with Gasteiger partial charge in [0.25, 0.3) is 0 Å². The van der Waals surface area contributed by atoms with Crippen LogP contribution in [0, 0.1) is 24.7 Å². The molecule has 4 bridgehead atoms. The van der Waals surface area contributed by atoms with E-state index in [0.717, 1.165) is 34.4 Å². The maximum Gasteiger partial charge on any atom is 0.341 e. The van der Waals surface area contributed by atoms with E-state index in [1.807, 2.05) is 36.6 Å². The molecule has 1 amide bonds. The van der Waals surface area contributed by atoms with Gasteiger partial charge in [-0.1, -0.05) is 29.8 Å². The summed E-state index contributed by atoms with van der Waals surface area (Å²) in [6.07, 6.45) is 7.85. The van der Waals surface area contributed by atoms with Crippen molar-refractivity contribution in [2.45, 2.75) is 51.0 Å². The van der Waals surface area contributed by atoms with E-state index in [0.29, 0.717) is 17.1 Å². The number of carbonyl (C=O) groups is 2. The summed E-state index contributed by atoms with van der Waals surface area (Å²) in [5.41, 5.74) is 3.52. The van der Waals surface area contributed by atoms with Crippen LogP contribution in [0.4, 0.5) is 5.00 Å². The highest BCUT2D eigenvalue weighted by molar-refractivity contribution is 7.15. The van der Waals surface area contributed by atoms with E-state index in [1.54, 1.807) is 0 Å². The predicted molar refractivity (Wildman–Crippen MR) is 128 cm³/mol. The number of nitrogens with one attached hydrogen (secondary N) is 1. The fraction of sp³-hybridized carbons (Fsp3) is 0.538. The maximum absolute atomic E-state index is 13.1. The molecule has 1 N–H and O–H groups in total. The van der Waals surface area contributed by atoms with Crippen LogP contribution in [0.25, 0.3) is 11.1 Å². The summed E-state index contributed by atoms with van der Waals surface area (Å²) in [4.78, 5) is 28.0. The number of anilines is 1. The normalized spacial score (nSPS) is 28.2. The number of esters is 1. The van der Waals surface area contributed by atoms with E-state index < -0.39 is 5.97 Å². The summed E-state index contributed by atoms with van der Waals surface area (Å²) in [5.74, 6) is 2.03. The highest BCUT2D eigenvalue weighted by atomic mass is 32.1. The van der Waals surface area contributed by atoms with Crippen LogP contribution >= 0.6 is 11.3 Å². The van der Waals surface area contributed by atoms with Crippen molar-refractivity contribution in [1.82, 2.24) is 4.90 Å². The molecule has 1 aromatic heterocycles. The van der Waals surface area contributed by atoms with Crippen LogP contribution in [0.3, 0.4) is 0 Å². The molecule has 0 spiro atoms. The zero-order valence-corrected chi connectivity index (χ0v) is 20.0. The van der Waals surface area contributed by atoms with Gasteiger partial charge in [0.1, 0.15) is 10.6 Å². The van der Waals surface area contributed by atoms with E-state index in [1.165, 1.54) is 57.0 Å². The SMILES string of the molecule is COC(=O)c1c(-c2ccc(C)cc2)csc1NC(=O)CN(C)C12CC3CC(CC(C3)C1)C2. The Balaban J connectivity index is 1.33. The number of amides is 1. The third-order valence-electron chi connectivity index (χ3n) is 7.99. The Morgan fingerprint density at radius 1 is 1.09 bits per heavy atom. The molecule has 0 unspecified atom stereocenters. The molecule has 4 aliphatic rings. The lowest BCUT2D eigenvalue weighted by molar-refractivity contribution is -0.123. The Morgan fingerprint density at radius 3 is 2.25 bits per heavy atom. The first kappa shape index (κ1) is 21.7. The molecule has 0 radical (unpaired) electrons. The zero-order valence-electron chi connectivity index (χ0n) is 19.1. The zero-order chi connectivity index (χ0) is 22.5. The minimum atomic E-state index is -0.424. The number of ether oxygens (including phenoxy) is 1. The van der Waals surface area contributed by atoms with Gasteiger partial charge in [-0.3, -0.25) is 9.69 Å². The molecule has 6 heteroatoms. The number of nitrogens with zero attached hydrogens (tertiary/aromatic N) is 1. The molecule has 5 nitrogen and oxygen atoms in total. The second-order valence-electron chi connectivity index (χ2n) is 10.3. The standard InChI is InChI=1S/C26H32N2O3S/c1-16-4-6-20(7-5-16)21-15-32-24(23(21)25(30)31-3)27-22(29)14-28(2)26-11-17-8-18(12-26)10-19(9-17)13-26/h4-7,15,17-19H,8-14H2,1-3H3,(H,27,29). The molecular formula is C26H32N2O3S. The van der Waals surface area contributed by atoms with Gasteiger partial charge in [0.05, 0.1) is 13.7 Å². The van der Waals surface area contributed by atoms with Crippen LogP contribution in [0.15, 0.2) is 29.6 Å². The lowest BCUT2D eigenvalue weighted by Crippen LogP contribution is -2.59. The summed E-state index contributed by atoms with van der Waals surface area (Å²) in [6.45, 7) is 2.38. The molecular weight excluding hydrogens is 420 g/mol. The summed E-state index contributed by atoms with van der Waals surface area (Å²) >= 11 is 1.38. The van der Waals surface area contributed by atoms with Gasteiger partial charge in [-0.25, -0.2) is 4.79 Å². The van der Waals surface area contributed by atoms with Crippen LogP contribution < -0.4 is 5.32 Å². The number of rotatable bonds is 6. The summed E-state index contributed by atoms with van der Waals surface area (Å²) in [6, 6.07) is 8.03. The van der Waals surface area contributed by atoms with Gasteiger partial charge in [-0.15, -0.1) is 11.3 Å². The average Bonchev–Trinajstić information content (AvgIpc) is 3.16. The predicted octanol–water partition coefficient (Wildman–Crippen LogP) is 5.35. The third-order valence-corrected chi connectivity index (χ3v) is 8.89. The van der Waals surface area contributed by atoms with E-state index >= 15 is 0 Å². The van der Waals surface area contributed by atoms with Gasteiger partial charge in [0.15, 0.2) is 0 Å². The van der Waals surface area contributed by atoms with E-state index in [2.05, 4.69) is 17.3 Å². The minimum Gasteiger partial charge on any atom is -0.465 e. The van der Waals surface area contributed by atoms with Crippen LogP contribution in [-0.4, -0.2) is 43.0 Å². The van der Waals surface area contributed by atoms with Crippen molar-refractivity contribution in [3.8, 4) is 11.1 Å². The molecule has 4 aliphatic carbocycles. The van der Waals surface area contributed by atoms with Gasteiger partial charge < -0.3 is 10.1 Å². The number of hydrogen-bond acceptors (Lipinski definition) is 5. The van der Waals surface area contributed by atoms with Crippen LogP contribution in [0.2, 0.25) is 0 Å². The van der Waals surface area contributed by atoms with Crippen LogP contribution in [-0.2, 0) is 9.53 Å². The average molecular weight is 453 g/mol. The second-order valence-corrected chi connectivity index (χ2v) is 11.1. The number of thiophene rings is 1. The van der Waals surface area contributed by atoms with Crippen molar-refractivity contribution in [1.29, 1.82) is 0 Å². The lowest BCUT2D eigenvalue weighted by atomic mass is 9.52. The van der Waals surface area contributed by atoms with Gasteiger partial charge in [-0.2, -0.15) is 0 Å². The molecule has 0 atom stereocenters.